The summed E-state index contributed by atoms with van der Waals surface area (Å²) in [5.74, 6) is -3.18. The molecule has 14 nitrogen and oxygen atoms in total. The number of hydrogen-bond acceptors (Lipinski definition) is 13. The number of aromatic hydroxyl groups is 2. The Balaban J connectivity index is 1.65. The van der Waals surface area contributed by atoms with Crippen LogP contribution in [0.5, 0.6) is 17.2 Å². The molecule has 0 bridgehead atoms. The van der Waals surface area contributed by atoms with E-state index in [-0.39, 0.29) is 53.0 Å². The Morgan fingerprint density at radius 2 is 1.89 bits per heavy atom. The van der Waals surface area contributed by atoms with E-state index in [4.69, 9.17) is 19.9 Å². The number of phenolic OH excluding ortho intramolecular Hbond substituents is 2. The minimum atomic E-state index is -2.08. The molecule has 0 radical (unpaired) electrons. The Kier molecular flexibility index (Phi) is 9.50. The van der Waals surface area contributed by atoms with Crippen LogP contribution in [0.1, 0.15) is 95.0 Å². The van der Waals surface area contributed by atoms with Gasteiger partial charge in [0.15, 0.2) is 12.1 Å². The zero-order valence-corrected chi connectivity index (χ0v) is 25.8. The normalized spacial score (nSPS) is 27.5. The smallest absolute Gasteiger partial charge is 0.240 e. The van der Waals surface area contributed by atoms with E-state index in [2.05, 4.69) is 10.5 Å². The van der Waals surface area contributed by atoms with Gasteiger partial charge in [0.1, 0.15) is 22.8 Å². The molecule has 46 heavy (non-hydrogen) atoms. The molecule has 2 aliphatic carbocycles. The first-order valence-electron chi connectivity index (χ1n) is 15.2. The number of rotatable bonds is 9. The number of fused-ring (bicyclic) bond motifs is 3. The van der Waals surface area contributed by atoms with Crippen LogP contribution in [0.15, 0.2) is 23.3 Å². The van der Waals surface area contributed by atoms with Crippen LogP contribution in [0.2, 0.25) is 0 Å². The lowest BCUT2D eigenvalue weighted by atomic mass is 9.71. The van der Waals surface area contributed by atoms with Crippen LogP contribution in [0.25, 0.3) is 0 Å². The van der Waals surface area contributed by atoms with Crippen molar-refractivity contribution in [1.82, 2.24) is 5.43 Å². The summed E-state index contributed by atoms with van der Waals surface area (Å²) < 4.78 is 17.4. The molecule has 1 heterocycles. The van der Waals surface area contributed by atoms with Gasteiger partial charge in [0.25, 0.3) is 0 Å². The summed E-state index contributed by atoms with van der Waals surface area (Å²) in [5.41, 5.74) is 4.83. The summed E-state index contributed by atoms with van der Waals surface area (Å²) in [6.45, 7) is 2.71. The predicted octanol–water partition coefficient (Wildman–Crippen LogP) is 1.09. The number of aliphatic hydroxyl groups is 3. The number of aliphatic hydroxyl groups excluding tert-OH is 2. The number of methoxy groups -OCH3 is 1. The maximum Gasteiger partial charge on any atom is 0.240 e. The van der Waals surface area contributed by atoms with Crippen molar-refractivity contribution >= 4 is 23.2 Å². The molecule has 1 saturated heterocycles. The third-order valence-electron chi connectivity index (χ3n) is 8.90. The predicted molar refractivity (Wildman–Crippen MR) is 162 cm³/mol. The van der Waals surface area contributed by atoms with Crippen molar-refractivity contribution in [3.05, 3.63) is 51.6 Å². The van der Waals surface area contributed by atoms with Crippen molar-refractivity contribution in [1.29, 1.82) is 0 Å². The molecule has 6 unspecified atom stereocenters. The highest BCUT2D eigenvalue weighted by Crippen LogP contribution is 2.52. The zero-order chi connectivity index (χ0) is 33.5. The van der Waals surface area contributed by atoms with Gasteiger partial charge in [0, 0.05) is 48.4 Å². The number of benzene rings is 2. The summed E-state index contributed by atoms with van der Waals surface area (Å²) in [6, 6.07) is 3.66. The van der Waals surface area contributed by atoms with Crippen molar-refractivity contribution in [3.63, 3.8) is 0 Å². The van der Waals surface area contributed by atoms with Gasteiger partial charge < -0.3 is 45.5 Å². The minimum absolute atomic E-state index is 0.0177. The van der Waals surface area contributed by atoms with Gasteiger partial charge in [-0.05, 0) is 19.4 Å². The number of carbonyl (C=O) groups excluding carboxylic acids is 3. The molecule has 248 valence electrons. The molecule has 2 aromatic carbocycles. The third kappa shape index (κ3) is 5.76. The molecular formula is C32H39N3O11. The lowest BCUT2D eigenvalue weighted by Gasteiger charge is -2.43. The maximum absolute atomic E-state index is 13.9. The fraction of sp³-hybridized carbons (Fsp3) is 0.500. The summed E-state index contributed by atoms with van der Waals surface area (Å²) in [6.07, 6.45) is -3.43. The Bertz CT molecular complexity index is 1580. The number of unbranched alkanes of at least 4 members (excludes halogenated alkanes) is 1. The van der Waals surface area contributed by atoms with Crippen LogP contribution in [0.4, 0.5) is 0 Å². The van der Waals surface area contributed by atoms with E-state index in [1.54, 1.807) is 6.92 Å². The SMILES string of the molecule is CCCCC(=O)N/N=C(/CO)C1(O)Cc2c(O)c3c(c(O)c2C(OC2CC(N)C(O)C(C)O2)C1)C(=O)c1c(OC)cccc1C3=O. The van der Waals surface area contributed by atoms with Crippen molar-refractivity contribution in [3.8, 4) is 17.2 Å². The fourth-order valence-electron chi connectivity index (χ4n) is 6.42. The van der Waals surface area contributed by atoms with Crippen molar-refractivity contribution in [2.75, 3.05) is 13.7 Å². The number of nitrogens with two attached hydrogens (primary N) is 1. The number of phenols is 2. The molecule has 1 fully saturated rings. The lowest BCUT2D eigenvalue weighted by molar-refractivity contribution is -0.245. The van der Waals surface area contributed by atoms with Gasteiger partial charge in [0.05, 0.1) is 54.4 Å². The second kappa shape index (κ2) is 13.1. The molecule has 8 N–H and O–H groups in total. The van der Waals surface area contributed by atoms with Gasteiger partial charge in [0.2, 0.25) is 11.7 Å². The van der Waals surface area contributed by atoms with E-state index in [1.165, 1.54) is 25.3 Å². The van der Waals surface area contributed by atoms with Gasteiger partial charge >= 0.3 is 0 Å². The van der Waals surface area contributed by atoms with Crippen LogP contribution >= 0.6 is 0 Å². The number of hydrogen-bond donors (Lipinski definition) is 7. The van der Waals surface area contributed by atoms with Gasteiger partial charge in [-0.25, -0.2) is 5.43 Å². The van der Waals surface area contributed by atoms with Crippen LogP contribution in [-0.2, 0) is 20.7 Å². The first kappa shape index (κ1) is 33.4. The van der Waals surface area contributed by atoms with Crippen molar-refractivity contribution in [2.45, 2.75) is 88.6 Å². The molecule has 2 aromatic rings. The summed E-state index contributed by atoms with van der Waals surface area (Å²) in [4.78, 5) is 39.9. The average Bonchev–Trinajstić information content (AvgIpc) is 3.02. The highest BCUT2D eigenvalue weighted by Gasteiger charge is 2.49. The van der Waals surface area contributed by atoms with Crippen LogP contribution in [-0.4, -0.2) is 92.6 Å². The largest absolute Gasteiger partial charge is 0.507 e. The van der Waals surface area contributed by atoms with Crippen LogP contribution in [0, 0.1) is 0 Å². The van der Waals surface area contributed by atoms with Crippen LogP contribution in [0.3, 0.4) is 0 Å². The van der Waals surface area contributed by atoms with Crippen LogP contribution < -0.4 is 15.9 Å². The molecule has 3 aliphatic rings. The Morgan fingerprint density at radius 1 is 1.17 bits per heavy atom. The number of nitrogens with one attached hydrogen (secondary N) is 1. The standard InChI is InChI=1S/C32H39N3O11/c1-4-5-9-21(37)35-34-20(13-36)32(43)11-16-24(19(12-32)46-22-10-17(33)27(38)14(2)45-22)31(42)26-25(29(16)40)28(39)15-7-6-8-18(44-3)23(15)30(26)41/h6-8,14,17,19,22,27,36,38,40,42-43H,4-5,9-13,33H2,1-3H3,(H,35,37)/b34-20-. The molecule has 1 aliphatic heterocycles. The number of amides is 1. The van der Waals surface area contributed by atoms with Crippen molar-refractivity contribution < 1.29 is 54.1 Å². The van der Waals surface area contributed by atoms with E-state index in [0.717, 1.165) is 6.42 Å². The second-order valence-corrected chi connectivity index (χ2v) is 11.9. The van der Waals surface area contributed by atoms with Gasteiger partial charge in [-0.15, -0.1) is 0 Å². The average molecular weight is 642 g/mol. The second-order valence-electron chi connectivity index (χ2n) is 11.9. The molecule has 1 amide bonds. The molecule has 0 saturated carbocycles. The van der Waals surface area contributed by atoms with Gasteiger partial charge in [-0.1, -0.05) is 25.5 Å². The molecule has 5 rings (SSSR count). The third-order valence-corrected chi connectivity index (χ3v) is 8.90. The highest BCUT2D eigenvalue weighted by molar-refractivity contribution is 6.31. The number of ketones is 2. The number of carbonyl (C=O) groups is 3. The molecular weight excluding hydrogens is 602 g/mol. The van der Waals surface area contributed by atoms with Gasteiger partial charge in [-0.3, -0.25) is 14.4 Å². The molecule has 0 spiro atoms. The van der Waals surface area contributed by atoms with E-state index < -0.39 is 89.4 Å². The monoisotopic (exact) mass is 641 g/mol. The summed E-state index contributed by atoms with van der Waals surface area (Å²) in [5, 5.41) is 59.9. The Labute approximate surface area is 264 Å². The van der Waals surface area contributed by atoms with Crippen molar-refractivity contribution in [2.24, 2.45) is 10.8 Å². The first-order valence-corrected chi connectivity index (χ1v) is 15.2. The Morgan fingerprint density at radius 3 is 2.54 bits per heavy atom. The van der Waals surface area contributed by atoms with E-state index in [9.17, 15) is 39.9 Å². The number of hydrazone groups is 1. The van der Waals surface area contributed by atoms with Gasteiger partial charge in [-0.2, -0.15) is 5.10 Å². The summed E-state index contributed by atoms with van der Waals surface area (Å²) >= 11 is 0. The Hall–Kier alpha value is -3.92. The zero-order valence-electron chi connectivity index (χ0n) is 25.8. The number of nitrogens with zero attached hydrogens (tertiary/aromatic N) is 1. The fourth-order valence-corrected chi connectivity index (χ4v) is 6.42. The minimum Gasteiger partial charge on any atom is -0.507 e. The molecule has 6 atom stereocenters. The molecule has 14 heteroatoms. The number of ether oxygens (including phenoxy) is 3. The first-order chi connectivity index (χ1) is 21.9. The quantitative estimate of drug-likeness (QED) is 0.0989. The van der Waals surface area contributed by atoms with E-state index in [1.807, 2.05) is 6.92 Å². The van der Waals surface area contributed by atoms with E-state index in [0.29, 0.717) is 6.42 Å². The van der Waals surface area contributed by atoms with E-state index >= 15 is 0 Å². The highest BCUT2D eigenvalue weighted by atomic mass is 16.7. The lowest BCUT2D eigenvalue weighted by Crippen LogP contribution is -2.53. The maximum atomic E-state index is 13.9. The summed E-state index contributed by atoms with van der Waals surface area (Å²) in [7, 11) is 1.33. The topological polar surface area (TPSA) is 230 Å². The molecule has 0 aromatic heterocycles.